The first-order valence-electron chi connectivity index (χ1n) is 7.72. The Kier molecular flexibility index (Phi) is 7.06. The third-order valence-corrected chi connectivity index (χ3v) is 3.73. The van der Waals surface area contributed by atoms with E-state index in [9.17, 15) is 4.79 Å². The average molecular weight is 348 g/mol. The molecule has 2 aromatic carbocycles. The summed E-state index contributed by atoms with van der Waals surface area (Å²) in [4.78, 5) is 14.4. The fourth-order valence-electron chi connectivity index (χ4n) is 2.41. The molecule has 5 nitrogen and oxygen atoms in total. The van der Waals surface area contributed by atoms with E-state index in [0.29, 0.717) is 36.1 Å². The van der Waals surface area contributed by atoms with Gasteiger partial charge in [-0.25, -0.2) is 0 Å². The van der Waals surface area contributed by atoms with Crippen LogP contribution in [0.15, 0.2) is 48.5 Å². The van der Waals surface area contributed by atoms with Gasteiger partial charge in [0, 0.05) is 24.7 Å². The summed E-state index contributed by atoms with van der Waals surface area (Å²) in [6.07, 6.45) is 0. The number of rotatable bonds is 8. The Morgan fingerprint density at radius 3 is 2.67 bits per heavy atom. The summed E-state index contributed by atoms with van der Waals surface area (Å²) in [5.41, 5.74) is 7.36. The molecule has 0 atom stereocenters. The number of carbonyl (C=O) groups is 1. The Bertz CT molecular complexity index is 665. The molecule has 0 heterocycles. The molecule has 0 fully saturated rings. The molecule has 0 radical (unpaired) electrons. The van der Waals surface area contributed by atoms with E-state index in [1.165, 1.54) is 0 Å². The highest BCUT2D eigenvalue weighted by molar-refractivity contribution is 6.31. The second kappa shape index (κ2) is 9.27. The first-order chi connectivity index (χ1) is 11.6. The van der Waals surface area contributed by atoms with Gasteiger partial charge >= 0.3 is 0 Å². The number of halogens is 1. The Balaban J connectivity index is 2.01. The van der Waals surface area contributed by atoms with E-state index < -0.39 is 0 Å². The summed E-state index contributed by atoms with van der Waals surface area (Å²) in [7, 11) is 1.55. The van der Waals surface area contributed by atoms with Crippen LogP contribution < -0.4 is 15.8 Å². The molecule has 2 aromatic rings. The van der Waals surface area contributed by atoms with Crippen LogP contribution in [0.1, 0.15) is 5.56 Å². The predicted octanol–water partition coefficient (Wildman–Crippen LogP) is 2.75. The zero-order valence-corrected chi connectivity index (χ0v) is 14.4. The van der Waals surface area contributed by atoms with Crippen molar-refractivity contribution >= 4 is 23.2 Å². The zero-order chi connectivity index (χ0) is 17.4. The number of ether oxygens (including phenoxy) is 1. The minimum atomic E-state index is -0.139. The number of anilines is 1. The largest absolute Gasteiger partial charge is 0.495 e. The molecule has 0 aromatic heterocycles. The molecule has 0 saturated carbocycles. The highest BCUT2D eigenvalue weighted by atomic mass is 35.5. The number of benzene rings is 2. The highest BCUT2D eigenvalue weighted by Gasteiger charge is 2.13. The molecule has 0 spiro atoms. The minimum Gasteiger partial charge on any atom is -0.495 e. The lowest BCUT2D eigenvalue weighted by atomic mass is 10.2. The van der Waals surface area contributed by atoms with Gasteiger partial charge in [0.1, 0.15) is 5.75 Å². The normalized spacial score (nSPS) is 10.7. The van der Waals surface area contributed by atoms with Crippen LogP contribution in [-0.2, 0) is 11.3 Å². The van der Waals surface area contributed by atoms with Crippen molar-refractivity contribution in [2.24, 2.45) is 5.73 Å². The molecule has 24 heavy (non-hydrogen) atoms. The van der Waals surface area contributed by atoms with E-state index >= 15 is 0 Å². The van der Waals surface area contributed by atoms with Gasteiger partial charge in [-0.1, -0.05) is 41.9 Å². The lowest BCUT2D eigenvalue weighted by molar-refractivity contribution is -0.117. The maximum atomic E-state index is 12.4. The first-order valence-corrected chi connectivity index (χ1v) is 8.10. The van der Waals surface area contributed by atoms with Crippen LogP contribution in [0, 0.1) is 0 Å². The van der Waals surface area contributed by atoms with Crippen LogP contribution in [-0.4, -0.2) is 37.6 Å². The van der Waals surface area contributed by atoms with Crippen LogP contribution in [0.3, 0.4) is 0 Å². The SMILES string of the molecule is COc1ccc(Cl)cc1NC(=O)CN(CCN)Cc1ccccc1. The van der Waals surface area contributed by atoms with Crippen LogP contribution in [0.2, 0.25) is 5.02 Å². The maximum absolute atomic E-state index is 12.4. The summed E-state index contributed by atoms with van der Waals surface area (Å²) in [6.45, 7) is 2.02. The number of nitrogens with two attached hydrogens (primary N) is 1. The van der Waals surface area contributed by atoms with E-state index in [2.05, 4.69) is 5.32 Å². The summed E-state index contributed by atoms with van der Waals surface area (Å²) in [6, 6.07) is 15.1. The van der Waals surface area contributed by atoms with Gasteiger partial charge in [0.05, 0.1) is 19.3 Å². The van der Waals surface area contributed by atoms with E-state index in [1.807, 2.05) is 35.2 Å². The lowest BCUT2D eigenvalue weighted by Crippen LogP contribution is -2.36. The monoisotopic (exact) mass is 347 g/mol. The summed E-state index contributed by atoms with van der Waals surface area (Å²) in [5.74, 6) is 0.432. The van der Waals surface area contributed by atoms with Crippen molar-refractivity contribution < 1.29 is 9.53 Å². The van der Waals surface area contributed by atoms with E-state index in [1.54, 1.807) is 25.3 Å². The molecule has 0 saturated heterocycles. The number of nitrogens with one attached hydrogen (secondary N) is 1. The Morgan fingerprint density at radius 1 is 1.25 bits per heavy atom. The topological polar surface area (TPSA) is 67.6 Å². The third kappa shape index (κ3) is 5.53. The Labute approximate surface area is 147 Å². The van der Waals surface area contributed by atoms with E-state index in [4.69, 9.17) is 22.1 Å². The van der Waals surface area contributed by atoms with Gasteiger partial charge in [-0.05, 0) is 23.8 Å². The summed E-state index contributed by atoms with van der Waals surface area (Å²) in [5, 5.41) is 3.38. The Hall–Kier alpha value is -2.08. The number of hydrogen-bond acceptors (Lipinski definition) is 4. The quantitative estimate of drug-likeness (QED) is 0.770. The first kappa shape index (κ1) is 18.3. The second-order valence-electron chi connectivity index (χ2n) is 5.38. The van der Waals surface area contributed by atoms with Crippen molar-refractivity contribution in [1.82, 2.24) is 4.90 Å². The van der Waals surface area contributed by atoms with Gasteiger partial charge < -0.3 is 15.8 Å². The van der Waals surface area contributed by atoms with Crippen molar-refractivity contribution in [2.75, 3.05) is 32.1 Å². The summed E-state index contributed by atoms with van der Waals surface area (Å²) >= 11 is 5.99. The van der Waals surface area contributed by atoms with Gasteiger partial charge in [0.15, 0.2) is 0 Å². The molecule has 0 aliphatic heterocycles. The van der Waals surface area contributed by atoms with Gasteiger partial charge in [-0.3, -0.25) is 9.69 Å². The van der Waals surface area contributed by atoms with Crippen molar-refractivity contribution in [3.8, 4) is 5.75 Å². The molecule has 1 amide bonds. The molecule has 6 heteroatoms. The van der Waals surface area contributed by atoms with Crippen molar-refractivity contribution in [1.29, 1.82) is 0 Å². The molecule has 2 rings (SSSR count). The fraction of sp³-hybridized carbons (Fsp3) is 0.278. The number of carbonyl (C=O) groups excluding carboxylic acids is 1. The number of amides is 1. The molecule has 0 unspecified atom stereocenters. The fourth-order valence-corrected chi connectivity index (χ4v) is 2.58. The van der Waals surface area contributed by atoms with Crippen molar-refractivity contribution in [3.05, 3.63) is 59.1 Å². The molecule has 3 N–H and O–H groups in total. The predicted molar refractivity (Wildman–Crippen MR) is 97.4 cm³/mol. The van der Waals surface area contributed by atoms with Crippen LogP contribution in [0.25, 0.3) is 0 Å². The number of nitrogens with zero attached hydrogens (tertiary/aromatic N) is 1. The van der Waals surface area contributed by atoms with Gasteiger partial charge in [-0.2, -0.15) is 0 Å². The molecule has 0 bridgehead atoms. The molecule has 0 aliphatic carbocycles. The van der Waals surface area contributed by atoms with Crippen molar-refractivity contribution in [2.45, 2.75) is 6.54 Å². The number of methoxy groups -OCH3 is 1. The molecule has 128 valence electrons. The van der Waals surface area contributed by atoms with E-state index in [-0.39, 0.29) is 12.5 Å². The minimum absolute atomic E-state index is 0.139. The van der Waals surface area contributed by atoms with Crippen molar-refractivity contribution in [3.63, 3.8) is 0 Å². The maximum Gasteiger partial charge on any atom is 0.238 e. The molecular formula is C18H22ClN3O2. The molecular weight excluding hydrogens is 326 g/mol. The van der Waals surface area contributed by atoms with Gasteiger partial charge in [-0.15, -0.1) is 0 Å². The Morgan fingerprint density at radius 2 is 2.00 bits per heavy atom. The van der Waals surface area contributed by atoms with E-state index in [0.717, 1.165) is 5.56 Å². The second-order valence-corrected chi connectivity index (χ2v) is 5.81. The lowest BCUT2D eigenvalue weighted by Gasteiger charge is -2.21. The highest BCUT2D eigenvalue weighted by Crippen LogP contribution is 2.27. The average Bonchev–Trinajstić information content (AvgIpc) is 2.56. The van der Waals surface area contributed by atoms with Gasteiger partial charge in [0.25, 0.3) is 0 Å². The van der Waals surface area contributed by atoms with Gasteiger partial charge in [0.2, 0.25) is 5.91 Å². The molecule has 0 aliphatic rings. The van der Waals surface area contributed by atoms with Crippen LogP contribution in [0.4, 0.5) is 5.69 Å². The third-order valence-electron chi connectivity index (χ3n) is 3.50. The smallest absolute Gasteiger partial charge is 0.238 e. The standard InChI is InChI=1S/C18H22ClN3O2/c1-24-17-8-7-15(19)11-16(17)21-18(23)13-22(10-9-20)12-14-5-3-2-4-6-14/h2-8,11H,9-10,12-13,20H2,1H3,(H,21,23). The number of hydrogen-bond donors (Lipinski definition) is 2. The zero-order valence-electron chi connectivity index (χ0n) is 13.7. The van der Waals surface area contributed by atoms with Crippen LogP contribution in [0.5, 0.6) is 5.75 Å². The summed E-state index contributed by atoms with van der Waals surface area (Å²) < 4.78 is 5.24. The van der Waals surface area contributed by atoms with Crippen LogP contribution >= 0.6 is 11.6 Å².